The molecule has 0 spiro atoms. The van der Waals surface area contributed by atoms with Crippen molar-refractivity contribution in [1.29, 1.82) is 5.26 Å². The Balaban J connectivity index is 1.79. The van der Waals surface area contributed by atoms with Gasteiger partial charge in [0.15, 0.2) is 0 Å². The maximum absolute atomic E-state index is 13.1. The number of thioether (sulfide) groups is 1. The third-order valence-corrected chi connectivity index (χ3v) is 6.09. The summed E-state index contributed by atoms with van der Waals surface area (Å²) in [6.07, 6.45) is -1.04. The number of hydrogen-bond acceptors (Lipinski definition) is 8. The molecule has 2 heterocycles. The summed E-state index contributed by atoms with van der Waals surface area (Å²) >= 11 is 2.68. The van der Waals surface area contributed by atoms with Crippen molar-refractivity contribution in [1.82, 2.24) is 9.97 Å². The van der Waals surface area contributed by atoms with Gasteiger partial charge in [-0.1, -0.05) is 0 Å². The lowest BCUT2D eigenvalue weighted by Gasteiger charge is -2.11. The number of benzene rings is 1. The summed E-state index contributed by atoms with van der Waals surface area (Å²) in [7, 11) is 1.56. The number of alkyl halides is 2. The molecule has 0 aliphatic heterocycles. The number of halogens is 2. The first kappa shape index (κ1) is 22.7. The van der Waals surface area contributed by atoms with Gasteiger partial charge in [0.05, 0.1) is 24.6 Å². The molecule has 0 aliphatic carbocycles. The van der Waals surface area contributed by atoms with Gasteiger partial charge in [-0.2, -0.15) is 10.4 Å². The molecule has 0 radical (unpaired) electrons. The Labute approximate surface area is 187 Å². The highest BCUT2D eigenvalue weighted by Crippen LogP contribution is 2.32. The van der Waals surface area contributed by atoms with E-state index < -0.39 is 6.43 Å². The maximum atomic E-state index is 13.1. The van der Waals surface area contributed by atoms with Crippen molar-refractivity contribution in [3.05, 3.63) is 63.3 Å². The summed E-state index contributed by atoms with van der Waals surface area (Å²) in [6.45, 7) is 3.54. The van der Waals surface area contributed by atoms with Gasteiger partial charge in [0.25, 0.3) is 6.43 Å². The van der Waals surface area contributed by atoms with Crippen LogP contribution in [0.4, 0.5) is 13.9 Å². The molecule has 3 rings (SSSR count). The molecule has 0 saturated heterocycles. The predicted octanol–water partition coefficient (Wildman–Crippen LogP) is 5.71. The van der Waals surface area contributed by atoms with Crippen LogP contribution in [0.1, 0.15) is 40.1 Å². The van der Waals surface area contributed by atoms with E-state index in [0.717, 1.165) is 16.8 Å². The lowest BCUT2D eigenvalue weighted by atomic mass is 10.1. The van der Waals surface area contributed by atoms with Crippen LogP contribution in [0.2, 0.25) is 0 Å². The number of ether oxygens (including phenoxy) is 1. The van der Waals surface area contributed by atoms with Gasteiger partial charge in [-0.15, -0.1) is 23.1 Å². The number of anilines is 1. The van der Waals surface area contributed by atoms with E-state index in [2.05, 4.69) is 26.6 Å². The quantitative estimate of drug-likeness (QED) is 0.264. The minimum atomic E-state index is -2.70. The molecule has 160 valence electrons. The second-order valence-corrected chi connectivity index (χ2v) is 8.30. The molecule has 1 aromatic carbocycles. The highest BCUT2D eigenvalue weighted by molar-refractivity contribution is 7.98. The average molecular weight is 460 g/mol. The summed E-state index contributed by atoms with van der Waals surface area (Å²) in [5, 5.41) is 16.5. The van der Waals surface area contributed by atoms with Crippen molar-refractivity contribution >= 4 is 34.4 Å². The number of aromatic nitrogens is 2. The Bertz CT molecular complexity index is 1140. The van der Waals surface area contributed by atoms with Gasteiger partial charge >= 0.3 is 0 Å². The zero-order chi connectivity index (χ0) is 22.4. The number of nitrogens with one attached hydrogen (secondary N) is 1. The van der Waals surface area contributed by atoms with Crippen molar-refractivity contribution in [3.63, 3.8) is 0 Å². The molecule has 10 heteroatoms. The fourth-order valence-electron chi connectivity index (χ4n) is 2.73. The summed E-state index contributed by atoms with van der Waals surface area (Å²) in [5.74, 6) is 1.03. The van der Waals surface area contributed by atoms with Crippen molar-refractivity contribution < 1.29 is 13.5 Å². The topological polar surface area (TPSA) is 83.2 Å². The van der Waals surface area contributed by atoms with Crippen LogP contribution in [0.25, 0.3) is 0 Å². The molecule has 2 aromatic heterocycles. The fraction of sp³-hybridized carbons (Fsp3) is 0.238. The minimum absolute atomic E-state index is 0.278. The second-order valence-electron chi connectivity index (χ2n) is 6.48. The Morgan fingerprint density at radius 3 is 2.77 bits per heavy atom. The van der Waals surface area contributed by atoms with Gasteiger partial charge in [-0.05, 0) is 49.2 Å². The SMILES string of the molecule is COc1ccc(C=NNc2nc(C)cs2)cc1CSc1nc(C(F)F)cc(C)c1C#N. The van der Waals surface area contributed by atoms with E-state index in [4.69, 9.17) is 4.74 Å². The van der Waals surface area contributed by atoms with Gasteiger partial charge in [-0.3, -0.25) is 5.43 Å². The number of nitrogens with zero attached hydrogens (tertiary/aromatic N) is 4. The molecule has 0 amide bonds. The van der Waals surface area contributed by atoms with Crippen molar-refractivity contribution in [2.24, 2.45) is 5.10 Å². The zero-order valence-electron chi connectivity index (χ0n) is 17.0. The number of methoxy groups -OCH3 is 1. The smallest absolute Gasteiger partial charge is 0.280 e. The van der Waals surface area contributed by atoms with Crippen LogP contribution in [0.3, 0.4) is 0 Å². The van der Waals surface area contributed by atoms with Crippen LogP contribution in [-0.2, 0) is 5.75 Å². The second kappa shape index (κ2) is 10.3. The first-order chi connectivity index (χ1) is 14.9. The Morgan fingerprint density at radius 2 is 2.13 bits per heavy atom. The van der Waals surface area contributed by atoms with Gasteiger partial charge in [-0.25, -0.2) is 18.7 Å². The lowest BCUT2D eigenvalue weighted by molar-refractivity contribution is 0.145. The maximum Gasteiger partial charge on any atom is 0.280 e. The van der Waals surface area contributed by atoms with Crippen molar-refractivity contribution in [3.8, 4) is 11.8 Å². The molecule has 1 N–H and O–H groups in total. The average Bonchev–Trinajstić information content (AvgIpc) is 3.16. The van der Waals surface area contributed by atoms with Gasteiger partial charge in [0.2, 0.25) is 5.13 Å². The Morgan fingerprint density at radius 1 is 1.32 bits per heavy atom. The van der Waals surface area contributed by atoms with E-state index in [9.17, 15) is 14.0 Å². The molecule has 0 atom stereocenters. The van der Waals surface area contributed by atoms with Gasteiger partial charge in [0.1, 0.15) is 22.5 Å². The summed E-state index contributed by atoms with van der Waals surface area (Å²) < 4.78 is 31.7. The first-order valence-electron chi connectivity index (χ1n) is 9.12. The largest absolute Gasteiger partial charge is 0.496 e. The molecule has 0 aliphatic rings. The highest BCUT2D eigenvalue weighted by Gasteiger charge is 2.17. The Hall–Kier alpha value is -3.03. The van der Waals surface area contributed by atoms with Crippen molar-refractivity contribution in [2.75, 3.05) is 12.5 Å². The first-order valence-corrected chi connectivity index (χ1v) is 11.0. The molecular weight excluding hydrogens is 440 g/mol. The fourth-order valence-corrected chi connectivity index (χ4v) is 4.40. The summed E-state index contributed by atoms with van der Waals surface area (Å²) in [5.41, 5.74) is 5.89. The van der Waals surface area contributed by atoms with Gasteiger partial charge < -0.3 is 4.74 Å². The van der Waals surface area contributed by atoms with E-state index >= 15 is 0 Å². The van der Waals surface area contributed by atoms with E-state index in [0.29, 0.717) is 27.8 Å². The third-order valence-electron chi connectivity index (χ3n) is 4.20. The number of hydrogen-bond donors (Lipinski definition) is 1. The molecule has 3 aromatic rings. The molecule has 0 unspecified atom stereocenters. The molecule has 6 nitrogen and oxygen atoms in total. The molecule has 31 heavy (non-hydrogen) atoms. The van der Waals surface area contributed by atoms with E-state index in [-0.39, 0.29) is 10.7 Å². The van der Waals surface area contributed by atoms with E-state index in [1.165, 1.54) is 29.2 Å². The standard InChI is InChI=1S/C21H19F2N5OS2/c1-12-6-17(19(22)23)27-20(16(12)8-24)30-11-15-7-14(4-5-18(15)29-3)9-25-28-21-26-13(2)10-31-21/h4-7,9-10,19H,11H2,1-3H3,(H,26,28). The minimum Gasteiger partial charge on any atom is -0.496 e. The van der Waals surface area contributed by atoms with E-state index in [1.807, 2.05) is 30.5 Å². The Kier molecular flexibility index (Phi) is 7.55. The van der Waals surface area contributed by atoms with Crippen LogP contribution in [-0.4, -0.2) is 23.3 Å². The predicted molar refractivity (Wildman–Crippen MR) is 119 cm³/mol. The molecular formula is C21H19F2N5OS2. The van der Waals surface area contributed by atoms with Crippen LogP contribution >= 0.6 is 23.1 Å². The van der Waals surface area contributed by atoms with Crippen molar-refractivity contribution in [2.45, 2.75) is 31.1 Å². The molecule has 0 fully saturated rings. The summed E-state index contributed by atoms with van der Waals surface area (Å²) in [6, 6.07) is 8.86. The normalized spacial score (nSPS) is 11.1. The molecule has 0 saturated carbocycles. The van der Waals surface area contributed by atoms with Crippen LogP contribution < -0.4 is 10.2 Å². The number of aryl methyl sites for hydroxylation is 2. The number of rotatable bonds is 8. The van der Waals surface area contributed by atoms with E-state index in [1.54, 1.807) is 20.2 Å². The summed E-state index contributed by atoms with van der Waals surface area (Å²) in [4.78, 5) is 8.27. The number of pyridine rings is 1. The highest BCUT2D eigenvalue weighted by atomic mass is 32.2. The molecule has 0 bridgehead atoms. The van der Waals surface area contributed by atoms with Gasteiger partial charge in [0, 0.05) is 16.7 Å². The van der Waals surface area contributed by atoms with Crippen LogP contribution in [0.5, 0.6) is 5.75 Å². The zero-order valence-corrected chi connectivity index (χ0v) is 18.7. The number of hydrazone groups is 1. The number of thiazole rings is 1. The number of nitriles is 1. The van der Waals surface area contributed by atoms with Crippen LogP contribution in [0.15, 0.2) is 39.8 Å². The van der Waals surface area contributed by atoms with Crippen LogP contribution in [0, 0.1) is 25.2 Å². The monoisotopic (exact) mass is 459 g/mol. The lowest BCUT2D eigenvalue weighted by Crippen LogP contribution is -1.99. The third kappa shape index (κ3) is 5.77.